The molecule has 0 aliphatic carbocycles. The lowest BCUT2D eigenvalue weighted by molar-refractivity contribution is 0.0524. The van der Waals surface area contributed by atoms with E-state index >= 15 is 0 Å². The van der Waals surface area contributed by atoms with Gasteiger partial charge in [-0.3, -0.25) is 0 Å². The third-order valence-electron chi connectivity index (χ3n) is 3.79. The van der Waals surface area contributed by atoms with Gasteiger partial charge in [0.15, 0.2) is 5.58 Å². The average molecular weight is 317 g/mol. The highest BCUT2D eigenvalue weighted by Gasteiger charge is 2.29. The molecule has 0 unspecified atom stereocenters. The highest BCUT2D eigenvalue weighted by atomic mass is 16.6. The number of amides is 1. The maximum absolute atomic E-state index is 11.8. The Morgan fingerprint density at radius 1 is 1.43 bits per heavy atom. The lowest BCUT2D eigenvalue weighted by Crippen LogP contribution is -2.42. The van der Waals surface area contributed by atoms with E-state index in [1.165, 1.54) is 0 Å². The highest BCUT2D eigenvalue weighted by Crippen LogP contribution is 2.28. The monoisotopic (exact) mass is 317 g/mol. The van der Waals surface area contributed by atoms with Crippen LogP contribution in [-0.4, -0.2) is 35.8 Å². The van der Waals surface area contributed by atoms with Gasteiger partial charge in [0.05, 0.1) is 6.04 Å². The van der Waals surface area contributed by atoms with E-state index in [0.717, 1.165) is 30.5 Å². The Kier molecular flexibility index (Phi) is 4.15. The number of carbonyl (C=O) groups is 1. The van der Waals surface area contributed by atoms with Crippen LogP contribution in [0.15, 0.2) is 28.7 Å². The van der Waals surface area contributed by atoms with Crippen LogP contribution in [0.2, 0.25) is 0 Å². The molecule has 0 radical (unpaired) electrons. The van der Waals surface area contributed by atoms with E-state index < -0.39 is 5.60 Å². The molecule has 1 aromatic heterocycles. The zero-order valence-corrected chi connectivity index (χ0v) is 13.8. The first kappa shape index (κ1) is 15.6. The molecule has 6 nitrogen and oxygen atoms in total. The van der Waals surface area contributed by atoms with Crippen molar-refractivity contribution in [3.05, 3.63) is 24.3 Å². The number of carbonyl (C=O) groups excluding carboxylic acids is 1. The summed E-state index contributed by atoms with van der Waals surface area (Å²) in [6, 6.07) is 8.53. The summed E-state index contributed by atoms with van der Waals surface area (Å²) in [5, 5.41) is 2.84. The zero-order chi connectivity index (χ0) is 16.4. The van der Waals surface area contributed by atoms with Crippen molar-refractivity contribution in [3.63, 3.8) is 0 Å². The van der Waals surface area contributed by atoms with Gasteiger partial charge in [0.2, 0.25) is 0 Å². The van der Waals surface area contributed by atoms with Crippen LogP contribution in [0.4, 0.5) is 10.8 Å². The molecular formula is C17H23N3O3. The molecule has 1 aliphatic heterocycles. The number of aromatic nitrogens is 1. The summed E-state index contributed by atoms with van der Waals surface area (Å²) < 4.78 is 11.1. The van der Waals surface area contributed by atoms with E-state index in [1.807, 2.05) is 45.0 Å². The van der Waals surface area contributed by atoms with Crippen molar-refractivity contribution in [2.24, 2.45) is 0 Å². The van der Waals surface area contributed by atoms with Gasteiger partial charge in [-0.25, -0.2) is 4.79 Å². The van der Waals surface area contributed by atoms with Crippen LogP contribution in [0, 0.1) is 0 Å². The SMILES string of the molecule is CC(C)(C)OC(=O)NC[C@H]1CCCN1c1nc2ccccc2o1. The van der Waals surface area contributed by atoms with Gasteiger partial charge in [0, 0.05) is 13.1 Å². The Bertz CT molecular complexity index is 657. The van der Waals surface area contributed by atoms with Gasteiger partial charge in [-0.1, -0.05) is 12.1 Å². The third kappa shape index (κ3) is 3.75. The Hall–Kier alpha value is -2.24. The molecule has 1 aromatic carbocycles. The van der Waals surface area contributed by atoms with Crippen LogP contribution in [0.1, 0.15) is 33.6 Å². The van der Waals surface area contributed by atoms with Crippen molar-refractivity contribution >= 4 is 23.2 Å². The number of benzene rings is 1. The number of nitrogens with zero attached hydrogens (tertiary/aromatic N) is 2. The summed E-state index contributed by atoms with van der Waals surface area (Å²) in [5.41, 5.74) is 1.15. The standard InChI is InChI=1S/C17H23N3O3/c1-17(2,3)23-16(21)18-11-12-7-6-10-20(12)15-19-13-8-4-5-9-14(13)22-15/h4-5,8-9,12H,6-7,10-11H2,1-3H3,(H,18,21)/t12-/m1/s1. The maximum Gasteiger partial charge on any atom is 0.407 e. The topological polar surface area (TPSA) is 67.6 Å². The van der Waals surface area contributed by atoms with Crippen LogP contribution in [-0.2, 0) is 4.74 Å². The minimum absolute atomic E-state index is 0.176. The molecule has 124 valence electrons. The number of oxazole rings is 1. The number of ether oxygens (including phenoxy) is 1. The summed E-state index contributed by atoms with van der Waals surface area (Å²) >= 11 is 0. The van der Waals surface area contributed by atoms with Gasteiger partial charge in [0.25, 0.3) is 6.01 Å². The number of alkyl carbamates (subject to hydrolysis) is 1. The minimum atomic E-state index is -0.486. The van der Waals surface area contributed by atoms with Crippen LogP contribution in [0.5, 0.6) is 0 Å². The van der Waals surface area contributed by atoms with Gasteiger partial charge < -0.3 is 19.4 Å². The van der Waals surface area contributed by atoms with Gasteiger partial charge in [-0.15, -0.1) is 0 Å². The number of hydrogen-bond acceptors (Lipinski definition) is 5. The largest absolute Gasteiger partial charge is 0.444 e. The first-order chi connectivity index (χ1) is 10.9. The molecule has 0 saturated carbocycles. The fourth-order valence-corrected chi connectivity index (χ4v) is 2.80. The van der Waals surface area contributed by atoms with Crippen molar-refractivity contribution < 1.29 is 13.9 Å². The van der Waals surface area contributed by atoms with Gasteiger partial charge in [0.1, 0.15) is 11.1 Å². The fraction of sp³-hybridized carbons (Fsp3) is 0.529. The summed E-state index contributed by atoms with van der Waals surface area (Å²) in [5.74, 6) is 0. The van der Waals surface area contributed by atoms with E-state index in [1.54, 1.807) is 0 Å². The molecule has 0 spiro atoms. The van der Waals surface area contributed by atoms with Crippen molar-refractivity contribution in [2.45, 2.75) is 45.3 Å². The molecule has 1 saturated heterocycles. The second kappa shape index (κ2) is 6.10. The minimum Gasteiger partial charge on any atom is -0.444 e. The number of hydrogen-bond donors (Lipinski definition) is 1. The van der Waals surface area contributed by atoms with Crippen molar-refractivity contribution in [1.29, 1.82) is 0 Å². The Balaban J connectivity index is 1.65. The normalized spacial score (nSPS) is 18.4. The smallest absolute Gasteiger partial charge is 0.407 e. The molecular weight excluding hydrogens is 294 g/mol. The number of fused-ring (bicyclic) bond motifs is 1. The van der Waals surface area contributed by atoms with Crippen LogP contribution in [0.3, 0.4) is 0 Å². The second-order valence-corrected chi connectivity index (χ2v) is 6.84. The summed E-state index contributed by atoms with van der Waals surface area (Å²) in [4.78, 5) is 18.5. The molecule has 1 fully saturated rings. The molecule has 0 bridgehead atoms. The first-order valence-corrected chi connectivity index (χ1v) is 8.01. The van der Waals surface area contributed by atoms with Crippen LogP contribution >= 0.6 is 0 Å². The quantitative estimate of drug-likeness (QED) is 0.940. The number of anilines is 1. The molecule has 2 aromatic rings. The maximum atomic E-state index is 11.8. The molecule has 1 atom stereocenters. The third-order valence-corrected chi connectivity index (χ3v) is 3.79. The Morgan fingerprint density at radius 3 is 2.96 bits per heavy atom. The van der Waals surface area contributed by atoms with E-state index in [4.69, 9.17) is 9.15 Å². The average Bonchev–Trinajstić information content (AvgIpc) is 3.09. The van der Waals surface area contributed by atoms with Crippen molar-refractivity contribution in [2.75, 3.05) is 18.0 Å². The van der Waals surface area contributed by atoms with E-state index in [2.05, 4.69) is 15.2 Å². The van der Waals surface area contributed by atoms with E-state index in [9.17, 15) is 4.79 Å². The number of rotatable bonds is 3. The Morgan fingerprint density at radius 2 is 2.22 bits per heavy atom. The van der Waals surface area contributed by atoms with E-state index in [0.29, 0.717) is 12.6 Å². The molecule has 2 heterocycles. The van der Waals surface area contributed by atoms with Crippen LogP contribution < -0.4 is 10.2 Å². The van der Waals surface area contributed by atoms with Crippen molar-refractivity contribution in [1.82, 2.24) is 10.3 Å². The molecule has 3 rings (SSSR count). The molecule has 1 aliphatic rings. The highest BCUT2D eigenvalue weighted by molar-refractivity contribution is 5.74. The molecule has 1 N–H and O–H groups in total. The summed E-state index contributed by atoms with van der Waals surface area (Å²) in [7, 11) is 0. The van der Waals surface area contributed by atoms with Gasteiger partial charge in [-0.05, 0) is 45.7 Å². The number of para-hydroxylation sites is 2. The summed E-state index contributed by atoms with van der Waals surface area (Å²) in [6.45, 7) is 6.97. The first-order valence-electron chi connectivity index (χ1n) is 8.01. The molecule has 6 heteroatoms. The summed E-state index contributed by atoms with van der Waals surface area (Å²) in [6.07, 6.45) is 1.66. The van der Waals surface area contributed by atoms with Crippen LogP contribution in [0.25, 0.3) is 11.1 Å². The Labute approximate surface area is 135 Å². The van der Waals surface area contributed by atoms with E-state index in [-0.39, 0.29) is 12.1 Å². The molecule has 1 amide bonds. The lowest BCUT2D eigenvalue weighted by atomic mass is 10.2. The van der Waals surface area contributed by atoms with Gasteiger partial charge in [-0.2, -0.15) is 4.98 Å². The van der Waals surface area contributed by atoms with Crippen molar-refractivity contribution in [3.8, 4) is 0 Å². The predicted octanol–water partition coefficient (Wildman–Crippen LogP) is 3.32. The lowest BCUT2D eigenvalue weighted by Gasteiger charge is -2.24. The zero-order valence-electron chi connectivity index (χ0n) is 13.8. The number of nitrogens with one attached hydrogen (secondary N) is 1. The second-order valence-electron chi connectivity index (χ2n) is 6.84. The predicted molar refractivity (Wildman–Crippen MR) is 88.6 cm³/mol. The fourth-order valence-electron chi connectivity index (χ4n) is 2.80. The molecule has 23 heavy (non-hydrogen) atoms. The van der Waals surface area contributed by atoms with Gasteiger partial charge >= 0.3 is 6.09 Å².